The van der Waals surface area contributed by atoms with Gasteiger partial charge in [0.05, 0.1) is 18.2 Å². The highest BCUT2D eigenvalue weighted by Crippen LogP contribution is 2.23. The van der Waals surface area contributed by atoms with E-state index < -0.39 is 11.8 Å². The minimum atomic E-state index is -0.753. The topological polar surface area (TPSA) is 52.6 Å². The fraction of sp³-hybridized carbons (Fsp3) is 0.286. The lowest BCUT2D eigenvalue weighted by molar-refractivity contribution is -0.138. The molecule has 0 amide bonds. The molecule has 0 aliphatic carbocycles. The van der Waals surface area contributed by atoms with Crippen molar-refractivity contribution in [1.82, 2.24) is 0 Å². The smallest absolute Gasteiger partial charge is 0.345 e. The maximum absolute atomic E-state index is 12.3. The number of hydrogen-bond donors (Lipinski definition) is 0. The Morgan fingerprint density at radius 2 is 1.90 bits per heavy atom. The summed E-state index contributed by atoms with van der Waals surface area (Å²) >= 11 is 11.7. The molecule has 0 radical (unpaired) electrons. The van der Waals surface area contributed by atoms with Gasteiger partial charge in [0.2, 0.25) is 5.78 Å². The third-order valence-corrected chi connectivity index (χ3v) is 2.83. The minimum absolute atomic E-state index is 0.157. The van der Waals surface area contributed by atoms with E-state index in [1.54, 1.807) is 13.8 Å². The average Bonchev–Trinajstić information content (AvgIpc) is 2.39. The fourth-order valence-electron chi connectivity index (χ4n) is 1.39. The number of hydrogen-bond acceptors (Lipinski definition) is 4. The van der Waals surface area contributed by atoms with Crippen LogP contribution in [0.2, 0.25) is 10.0 Å². The van der Waals surface area contributed by atoms with E-state index in [-0.39, 0.29) is 22.8 Å². The Bertz CT molecular complexity index is 538. The molecule has 1 aromatic rings. The lowest BCUT2D eigenvalue weighted by Gasteiger charge is -2.08. The average molecular weight is 317 g/mol. The maximum Gasteiger partial charge on any atom is 0.345 e. The van der Waals surface area contributed by atoms with Gasteiger partial charge >= 0.3 is 5.97 Å². The van der Waals surface area contributed by atoms with Crippen molar-refractivity contribution in [2.24, 2.45) is 0 Å². The third kappa shape index (κ3) is 4.25. The molecular weight excluding hydrogens is 303 g/mol. The number of carbonyl (C=O) groups is 2. The molecule has 0 saturated heterocycles. The Kier molecular flexibility index (Phi) is 6.55. The van der Waals surface area contributed by atoms with E-state index in [1.807, 2.05) is 0 Å². The van der Waals surface area contributed by atoms with Crippen LogP contribution in [0.3, 0.4) is 0 Å². The van der Waals surface area contributed by atoms with Crippen LogP contribution >= 0.6 is 23.2 Å². The van der Waals surface area contributed by atoms with Crippen LogP contribution in [0.15, 0.2) is 30.0 Å². The second-order valence-electron chi connectivity index (χ2n) is 3.66. The molecule has 0 N–H and O–H groups in total. The highest BCUT2D eigenvalue weighted by molar-refractivity contribution is 6.38. The van der Waals surface area contributed by atoms with Crippen molar-refractivity contribution in [3.63, 3.8) is 0 Å². The summed E-state index contributed by atoms with van der Waals surface area (Å²) in [7, 11) is 0. The highest BCUT2D eigenvalue weighted by atomic mass is 35.5. The largest absolute Gasteiger partial charge is 0.500 e. The van der Waals surface area contributed by atoms with Gasteiger partial charge in [-0.3, -0.25) is 4.79 Å². The summed E-state index contributed by atoms with van der Waals surface area (Å²) in [5, 5.41) is 0.562. The van der Waals surface area contributed by atoms with Gasteiger partial charge in [0.25, 0.3) is 0 Å². The molecule has 0 saturated carbocycles. The van der Waals surface area contributed by atoms with Crippen molar-refractivity contribution >= 4 is 35.0 Å². The molecule has 1 aromatic carbocycles. The van der Waals surface area contributed by atoms with Crippen molar-refractivity contribution in [2.75, 3.05) is 13.2 Å². The number of benzene rings is 1. The fourth-order valence-corrected chi connectivity index (χ4v) is 1.88. The molecule has 0 aliphatic rings. The summed E-state index contributed by atoms with van der Waals surface area (Å²) < 4.78 is 9.85. The van der Waals surface area contributed by atoms with Gasteiger partial charge in [0.15, 0.2) is 0 Å². The van der Waals surface area contributed by atoms with Crippen molar-refractivity contribution in [2.45, 2.75) is 13.8 Å². The van der Waals surface area contributed by atoms with Crippen LogP contribution in [0.5, 0.6) is 0 Å². The lowest BCUT2D eigenvalue weighted by Crippen LogP contribution is -2.17. The normalized spacial score (nSPS) is 11.1. The number of ether oxygens (including phenoxy) is 2. The number of halogens is 2. The zero-order valence-electron chi connectivity index (χ0n) is 11.1. The second kappa shape index (κ2) is 7.92. The maximum atomic E-state index is 12.3. The van der Waals surface area contributed by atoms with Crippen LogP contribution in [0.1, 0.15) is 24.2 Å². The summed E-state index contributed by atoms with van der Waals surface area (Å²) in [5.74, 6) is -1.32. The van der Waals surface area contributed by atoms with E-state index in [2.05, 4.69) is 0 Å². The first-order valence-corrected chi connectivity index (χ1v) is 6.75. The summed E-state index contributed by atoms with van der Waals surface area (Å²) in [6, 6.07) is 4.40. The molecule has 0 atom stereocenters. The first-order valence-electron chi connectivity index (χ1n) is 5.99. The molecule has 20 heavy (non-hydrogen) atoms. The molecule has 0 aliphatic heterocycles. The number of carbonyl (C=O) groups excluding carboxylic acids is 2. The van der Waals surface area contributed by atoms with Crippen LogP contribution in [0, 0.1) is 0 Å². The molecule has 0 unspecified atom stereocenters. The Morgan fingerprint density at radius 3 is 2.45 bits per heavy atom. The van der Waals surface area contributed by atoms with Crippen LogP contribution in [0.25, 0.3) is 0 Å². The lowest BCUT2D eigenvalue weighted by atomic mass is 10.0. The van der Waals surface area contributed by atoms with Crippen LogP contribution < -0.4 is 0 Å². The van der Waals surface area contributed by atoms with E-state index in [1.165, 1.54) is 18.2 Å². The summed E-state index contributed by atoms with van der Waals surface area (Å²) in [4.78, 5) is 24.1. The monoisotopic (exact) mass is 316 g/mol. The summed E-state index contributed by atoms with van der Waals surface area (Å²) in [5.41, 5.74) is -0.0482. The molecular formula is C14H14Cl2O4. The van der Waals surface area contributed by atoms with Gasteiger partial charge in [0.1, 0.15) is 11.8 Å². The predicted octanol–water partition coefficient (Wildman–Crippen LogP) is 3.66. The number of ketones is 1. The predicted molar refractivity (Wildman–Crippen MR) is 77.1 cm³/mol. The van der Waals surface area contributed by atoms with Gasteiger partial charge in [-0.1, -0.05) is 23.2 Å². The van der Waals surface area contributed by atoms with Gasteiger partial charge in [-0.2, -0.15) is 0 Å². The molecule has 0 fully saturated rings. The van der Waals surface area contributed by atoms with Crippen LogP contribution in [-0.4, -0.2) is 25.0 Å². The van der Waals surface area contributed by atoms with Gasteiger partial charge in [-0.15, -0.1) is 0 Å². The molecule has 6 heteroatoms. The molecule has 0 heterocycles. The van der Waals surface area contributed by atoms with E-state index in [4.69, 9.17) is 32.7 Å². The van der Waals surface area contributed by atoms with Gasteiger partial charge in [-0.05, 0) is 32.0 Å². The standard InChI is InChI=1S/C14H14Cl2O4/c1-3-19-8-11(14(18)20-4-2)13(17)10-6-5-9(15)7-12(10)16/h5-8H,3-4H2,1-2H3/b11-8-. The van der Waals surface area contributed by atoms with Crippen molar-refractivity contribution in [3.8, 4) is 0 Å². The first kappa shape index (κ1) is 16.5. The van der Waals surface area contributed by atoms with E-state index >= 15 is 0 Å². The molecule has 0 spiro atoms. The van der Waals surface area contributed by atoms with Crippen molar-refractivity contribution in [3.05, 3.63) is 45.6 Å². The third-order valence-electron chi connectivity index (χ3n) is 2.28. The Balaban J connectivity index is 3.13. The zero-order valence-corrected chi connectivity index (χ0v) is 12.6. The van der Waals surface area contributed by atoms with Crippen molar-refractivity contribution < 1.29 is 19.1 Å². The van der Waals surface area contributed by atoms with Crippen LogP contribution in [-0.2, 0) is 14.3 Å². The first-order chi connectivity index (χ1) is 9.51. The quantitative estimate of drug-likeness (QED) is 0.201. The Morgan fingerprint density at radius 1 is 1.20 bits per heavy atom. The number of esters is 1. The van der Waals surface area contributed by atoms with Crippen molar-refractivity contribution in [1.29, 1.82) is 0 Å². The van der Waals surface area contributed by atoms with E-state index in [9.17, 15) is 9.59 Å². The summed E-state index contributed by atoms with van der Waals surface area (Å²) in [6.45, 7) is 3.86. The Hall–Kier alpha value is -1.52. The van der Waals surface area contributed by atoms with Crippen LogP contribution in [0.4, 0.5) is 0 Å². The highest BCUT2D eigenvalue weighted by Gasteiger charge is 2.23. The van der Waals surface area contributed by atoms with E-state index in [0.29, 0.717) is 11.6 Å². The van der Waals surface area contributed by atoms with Gasteiger partial charge in [-0.25, -0.2) is 4.79 Å². The number of Topliss-reactive ketones (excluding diaryl/α,β-unsaturated/α-hetero) is 1. The van der Waals surface area contributed by atoms with E-state index in [0.717, 1.165) is 6.26 Å². The zero-order chi connectivity index (χ0) is 15.1. The molecule has 108 valence electrons. The molecule has 0 bridgehead atoms. The Labute approximate surface area is 127 Å². The minimum Gasteiger partial charge on any atom is -0.500 e. The molecule has 0 aromatic heterocycles. The second-order valence-corrected chi connectivity index (χ2v) is 4.50. The number of rotatable bonds is 6. The summed E-state index contributed by atoms with van der Waals surface area (Å²) in [6.07, 6.45) is 1.09. The SMILES string of the molecule is CCO/C=C(\C(=O)OCC)C(=O)c1ccc(Cl)cc1Cl. The molecule has 1 rings (SSSR count). The van der Waals surface area contributed by atoms with Gasteiger partial charge in [0, 0.05) is 10.6 Å². The van der Waals surface area contributed by atoms with Gasteiger partial charge < -0.3 is 9.47 Å². The molecule has 4 nitrogen and oxygen atoms in total.